The van der Waals surface area contributed by atoms with Crippen molar-refractivity contribution in [1.29, 1.82) is 0 Å². The molecule has 0 saturated carbocycles. The van der Waals surface area contributed by atoms with Gasteiger partial charge in [-0.2, -0.15) is 0 Å². The molecular formula is C17H27IN4O3. The maximum Gasteiger partial charge on any atom is 0.224 e. The number of carbonyl (C=O) groups excluding carboxylic acids is 1. The molecule has 1 heterocycles. The zero-order chi connectivity index (χ0) is 17.4. The van der Waals surface area contributed by atoms with Gasteiger partial charge in [0.25, 0.3) is 0 Å². The zero-order valence-corrected chi connectivity index (χ0v) is 17.1. The first kappa shape index (κ1) is 21.3. The Balaban J connectivity index is 0.00000312. The summed E-state index contributed by atoms with van der Waals surface area (Å²) in [7, 11) is 3.19. The molecule has 0 aliphatic carbocycles. The SMILES string of the molecule is COc1ccc(CN=C(N)NCCC(=O)N2CCCC2)cc1OC.I. The largest absolute Gasteiger partial charge is 0.493 e. The number of carbonyl (C=O) groups is 1. The third-order valence-corrected chi connectivity index (χ3v) is 3.98. The molecule has 1 aliphatic rings. The highest BCUT2D eigenvalue weighted by molar-refractivity contribution is 14.0. The van der Waals surface area contributed by atoms with E-state index in [0.29, 0.717) is 37.0 Å². The molecule has 0 aromatic heterocycles. The number of hydrogen-bond acceptors (Lipinski definition) is 4. The molecule has 0 radical (unpaired) electrons. The zero-order valence-electron chi connectivity index (χ0n) is 14.8. The molecule has 3 N–H and O–H groups in total. The van der Waals surface area contributed by atoms with E-state index in [4.69, 9.17) is 15.2 Å². The fraction of sp³-hybridized carbons (Fsp3) is 0.529. The lowest BCUT2D eigenvalue weighted by molar-refractivity contribution is -0.129. The molecule has 0 unspecified atom stereocenters. The van der Waals surface area contributed by atoms with Crippen LogP contribution in [-0.2, 0) is 11.3 Å². The first-order chi connectivity index (χ1) is 11.6. The van der Waals surface area contributed by atoms with Gasteiger partial charge in [0.2, 0.25) is 5.91 Å². The standard InChI is InChI=1S/C17H26N4O3.HI/c1-23-14-6-5-13(11-15(14)24-2)12-20-17(18)19-8-7-16(22)21-9-3-4-10-21;/h5-6,11H,3-4,7-10,12H2,1-2H3,(H3,18,19,20);1H. The van der Waals surface area contributed by atoms with E-state index in [-0.39, 0.29) is 29.9 Å². The summed E-state index contributed by atoms with van der Waals surface area (Å²) >= 11 is 0. The van der Waals surface area contributed by atoms with Crippen LogP contribution in [0.3, 0.4) is 0 Å². The molecule has 0 spiro atoms. The summed E-state index contributed by atoms with van der Waals surface area (Å²) in [6.45, 7) is 2.68. The maximum absolute atomic E-state index is 11.9. The summed E-state index contributed by atoms with van der Waals surface area (Å²) in [4.78, 5) is 18.1. The Labute approximate surface area is 166 Å². The lowest BCUT2D eigenvalue weighted by Crippen LogP contribution is -2.36. The number of ether oxygens (including phenoxy) is 2. The number of rotatable bonds is 7. The summed E-state index contributed by atoms with van der Waals surface area (Å²) in [6, 6.07) is 5.61. The summed E-state index contributed by atoms with van der Waals surface area (Å²) < 4.78 is 10.5. The third-order valence-electron chi connectivity index (χ3n) is 3.98. The molecule has 1 aliphatic heterocycles. The molecule has 7 nitrogen and oxygen atoms in total. The highest BCUT2D eigenvalue weighted by atomic mass is 127. The minimum atomic E-state index is 0. The molecule has 1 aromatic carbocycles. The van der Waals surface area contributed by atoms with Crippen molar-refractivity contribution in [3.05, 3.63) is 23.8 Å². The number of benzene rings is 1. The summed E-state index contributed by atoms with van der Waals surface area (Å²) in [5.41, 5.74) is 6.81. The second-order valence-electron chi connectivity index (χ2n) is 5.66. The molecule has 140 valence electrons. The fourth-order valence-corrected chi connectivity index (χ4v) is 2.63. The van der Waals surface area contributed by atoms with Gasteiger partial charge >= 0.3 is 0 Å². The predicted molar refractivity (Wildman–Crippen MR) is 109 cm³/mol. The van der Waals surface area contributed by atoms with Gasteiger partial charge in [-0.05, 0) is 30.5 Å². The highest BCUT2D eigenvalue weighted by Crippen LogP contribution is 2.27. The van der Waals surface area contributed by atoms with Gasteiger partial charge in [-0.1, -0.05) is 6.07 Å². The number of halogens is 1. The number of likely N-dealkylation sites (tertiary alicyclic amines) is 1. The van der Waals surface area contributed by atoms with E-state index in [2.05, 4.69) is 10.3 Å². The number of hydrogen-bond donors (Lipinski definition) is 2. The second-order valence-corrected chi connectivity index (χ2v) is 5.66. The van der Waals surface area contributed by atoms with Crippen molar-refractivity contribution in [1.82, 2.24) is 10.2 Å². The molecule has 0 atom stereocenters. The Bertz CT molecular complexity index is 589. The first-order valence-electron chi connectivity index (χ1n) is 8.16. The van der Waals surface area contributed by atoms with Gasteiger partial charge in [0.15, 0.2) is 17.5 Å². The number of nitrogens with zero attached hydrogens (tertiary/aromatic N) is 2. The highest BCUT2D eigenvalue weighted by Gasteiger charge is 2.16. The van der Waals surface area contributed by atoms with Crippen LogP contribution in [-0.4, -0.2) is 50.6 Å². The van der Waals surface area contributed by atoms with Gasteiger partial charge in [0, 0.05) is 26.1 Å². The van der Waals surface area contributed by atoms with Gasteiger partial charge in [0.1, 0.15) is 0 Å². The van der Waals surface area contributed by atoms with Crippen molar-refractivity contribution in [3.8, 4) is 11.5 Å². The third kappa shape index (κ3) is 6.60. The molecule has 1 fully saturated rings. The van der Waals surface area contributed by atoms with Crippen molar-refractivity contribution in [2.45, 2.75) is 25.8 Å². The van der Waals surface area contributed by atoms with Crippen molar-refractivity contribution in [2.75, 3.05) is 33.9 Å². The van der Waals surface area contributed by atoms with Crippen molar-refractivity contribution >= 4 is 35.8 Å². The van der Waals surface area contributed by atoms with E-state index in [1.165, 1.54) is 0 Å². The maximum atomic E-state index is 11.9. The normalized spacial score (nSPS) is 14.0. The Hall–Kier alpha value is -1.71. The Kier molecular flexibility index (Phi) is 9.40. The van der Waals surface area contributed by atoms with E-state index in [1.54, 1.807) is 14.2 Å². The van der Waals surface area contributed by atoms with Crippen molar-refractivity contribution in [3.63, 3.8) is 0 Å². The summed E-state index contributed by atoms with van der Waals surface area (Å²) in [5, 5.41) is 2.98. The molecule has 1 amide bonds. The fourth-order valence-electron chi connectivity index (χ4n) is 2.63. The molecule has 8 heteroatoms. The summed E-state index contributed by atoms with van der Waals surface area (Å²) in [5.74, 6) is 1.84. The minimum Gasteiger partial charge on any atom is -0.493 e. The van der Waals surface area contributed by atoms with E-state index < -0.39 is 0 Å². The van der Waals surface area contributed by atoms with Crippen molar-refractivity contribution in [2.24, 2.45) is 10.7 Å². The van der Waals surface area contributed by atoms with Crippen LogP contribution in [0.1, 0.15) is 24.8 Å². The smallest absolute Gasteiger partial charge is 0.224 e. The Morgan fingerprint density at radius 1 is 1.24 bits per heavy atom. The second kappa shape index (κ2) is 11.0. The van der Waals surface area contributed by atoms with Gasteiger partial charge in [-0.3, -0.25) is 4.79 Å². The van der Waals surface area contributed by atoms with E-state index >= 15 is 0 Å². The average molecular weight is 462 g/mol. The van der Waals surface area contributed by atoms with E-state index in [9.17, 15) is 4.79 Å². The monoisotopic (exact) mass is 462 g/mol. The number of guanidine groups is 1. The Morgan fingerprint density at radius 2 is 1.92 bits per heavy atom. The minimum absolute atomic E-state index is 0. The van der Waals surface area contributed by atoms with Gasteiger partial charge < -0.3 is 25.4 Å². The molecule has 25 heavy (non-hydrogen) atoms. The lowest BCUT2D eigenvalue weighted by atomic mass is 10.2. The molecule has 1 saturated heterocycles. The molecular weight excluding hydrogens is 435 g/mol. The number of methoxy groups -OCH3 is 2. The van der Waals surface area contributed by atoms with E-state index in [1.807, 2.05) is 23.1 Å². The molecule has 0 bridgehead atoms. The van der Waals surface area contributed by atoms with Crippen LogP contribution in [0.2, 0.25) is 0 Å². The summed E-state index contributed by atoms with van der Waals surface area (Å²) in [6.07, 6.45) is 2.65. The quantitative estimate of drug-likeness (QED) is 0.366. The van der Waals surface area contributed by atoms with Gasteiger partial charge in [-0.25, -0.2) is 4.99 Å². The van der Waals surface area contributed by atoms with Crippen LogP contribution < -0.4 is 20.5 Å². The van der Waals surface area contributed by atoms with Crippen LogP contribution in [0.5, 0.6) is 11.5 Å². The first-order valence-corrected chi connectivity index (χ1v) is 8.16. The van der Waals surface area contributed by atoms with Gasteiger partial charge in [0.05, 0.1) is 20.8 Å². The van der Waals surface area contributed by atoms with Crippen LogP contribution in [0.15, 0.2) is 23.2 Å². The molecule has 1 aromatic rings. The number of nitrogens with two attached hydrogens (primary N) is 1. The van der Waals surface area contributed by atoms with Crippen molar-refractivity contribution < 1.29 is 14.3 Å². The number of amides is 1. The van der Waals surface area contributed by atoms with Crippen LogP contribution in [0.25, 0.3) is 0 Å². The number of aliphatic imine (C=N–C) groups is 1. The Morgan fingerprint density at radius 3 is 2.56 bits per heavy atom. The lowest BCUT2D eigenvalue weighted by Gasteiger charge is -2.15. The average Bonchev–Trinajstić information content (AvgIpc) is 3.14. The number of nitrogens with one attached hydrogen (secondary N) is 1. The van der Waals surface area contributed by atoms with Crippen LogP contribution in [0.4, 0.5) is 0 Å². The van der Waals surface area contributed by atoms with Gasteiger partial charge in [-0.15, -0.1) is 24.0 Å². The predicted octanol–water partition coefficient (Wildman–Crippen LogP) is 1.74. The topological polar surface area (TPSA) is 89.2 Å². The van der Waals surface area contributed by atoms with Crippen LogP contribution >= 0.6 is 24.0 Å². The van der Waals surface area contributed by atoms with E-state index in [0.717, 1.165) is 31.5 Å². The van der Waals surface area contributed by atoms with Crippen LogP contribution in [0, 0.1) is 0 Å². The molecule has 2 rings (SSSR count).